The van der Waals surface area contributed by atoms with Gasteiger partial charge in [-0.15, -0.1) is 0 Å². The summed E-state index contributed by atoms with van der Waals surface area (Å²) in [4.78, 5) is 11.2. The fourth-order valence-corrected chi connectivity index (χ4v) is 2.02. The Bertz CT molecular complexity index is 242. The van der Waals surface area contributed by atoms with Crippen LogP contribution in [0.2, 0.25) is 0 Å². The van der Waals surface area contributed by atoms with Crippen molar-refractivity contribution in [3.05, 3.63) is 11.6 Å². The van der Waals surface area contributed by atoms with Crippen molar-refractivity contribution in [2.24, 2.45) is 11.8 Å². The smallest absolute Gasteiger partial charge is 0.313 e. The Kier molecular flexibility index (Phi) is 1.71. The molecule has 1 fully saturated rings. The number of hydrogen-bond acceptors (Lipinski definition) is 2. The second-order valence-electron chi connectivity index (χ2n) is 3.93. The average molecular weight is 166 g/mol. The predicted molar refractivity (Wildman–Crippen MR) is 45.5 cm³/mol. The van der Waals surface area contributed by atoms with E-state index >= 15 is 0 Å². The van der Waals surface area contributed by atoms with E-state index in [1.54, 1.807) is 0 Å². The van der Waals surface area contributed by atoms with Crippen LogP contribution in [0.4, 0.5) is 0 Å². The van der Waals surface area contributed by atoms with E-state index in [1.807, 2.05) is 6.92 Å². The summed E-state index contributed by atoms with van der Waals surface area (Å²) in [5.74, 6) is 0.639. The van der Waals surface area contributed by atoms with E-state index in [0.717, 1.165) is 12.8 Å². The van der Waals surface area contributed by atoms with Crippen molar-refractivity contribution in [3.63, 3.8) is 0 Å². The fourth-order valence-electron chi connectivity index (χ4n) is 2.02. The highest BCUT2D eigenvalue weighted by Gasteiger charge is 2.38. The maximum Gasteiger partial charge on any atom is 0.313 e. The topological polar surface area (TPSA) is 26.3 Å². The van der Waals surface area contributed by atoms with E-state index in [9.17, 15) is 4.79 Å². The molecule has 12 heavy (non-hydrogen) atoms. The van der Waals surface area contributed by atoms with Crippen molar-refractivity contribution in [2.45, 2.75) is 32.8 Å². The molecule has 2 nitrogen and oxygen atoms in total. The highest BCUT2D eigenvalue weighted by molar-refractivity contribution is 5.79. The normalized spacial score (nSPS) is 40.3. The molecule has 1 aliphatic carbocycles. The molecule has 2 aliphatic rings. The molecule has 3 atom stereocenters. The van der Waals surface area contributed by atoms with Crippen molar-refractivity contribution < 1.29 is 9.53 Å². The minimum absolute atomic E-state index is 0.0162. The van der Waals surface area contributed by atoms with Crippen molar-refractivity contribution in [1.82, 2.24) is 0 Å². The van der Waals surface area contributed by atoms with E-state index < -0.39 is 0 Å². The van der Waals surface area contributed by atoms with Gasteiger partial charge in [0.05, 0.1) is 5.92 Å². The zero-order valence-electron chi connectivity index (χ0n) is 7.54. The van der Waals surface area contributed by atoms with Crippen LogP contribution in [0.1, 0.15) is 26.7 Å². The molecular formula is C10H14O2. The second kappa shape index (κ2) is 2.61. The van der Waals surface area contributed by atoms with Crippen LogP contribution in [-0.2, 0) is 9.53 Å². The van der Waals surface area contributed by atoms with Crippen LogP contribution < -0.4 is 0 Å². The summed E-state index contributed by atoms with van der Waals surface area (Å²) < 4.78 is 5.24. The van der Waals surface area contributed by atoms with Gasteiger partial charge in [0, 0.05) is 0 Å². The third-order valence-electron chi connectivity index (χ3n) is 2.86. The Morgan fingerprint density at radius 1 is 1.50 bits per heavy atom. The summed E-state index contributed by atoms with van der Waals surface area (Å²) in [7, 11) is 0. The number of fused-ring (bicyclic) bond motifs is 1. The average Bonchev–Trinajstić information content (AvgIpc) is 2.28. The highest BCUT2D eigenvalue weighted by Crippen LogP contribution is 2.36. The third kappa shape index (κ3) is 1.06. The monoisotopic (exact) mass is 166 g/mol. The van der Waals surface area contributed by atoms with Gasteiger partial charge in [0.25, 0.3) is 0 Å². The van der Waals surface area contributed by atoms with Gasteiger partial charge in [-0.25, -0.2) is 0 Å². The van der Waals surface area contributed by atoms with Crippen LogP contribution in [0.25, 0.3) is 0 Å². The SMILES string of the molecule is CC1CC=C2C(C1)OC(=O)C2C. The molecule has 0 aromatic heterocycles. The zero-order valence-corrected chi connectivity index (χ0v) is 7.54. The molecule has 0 amide bonds. The summed E-state index contributed by atoms with van der Waals surface area (Å²) in [5, 5.41) is 0. The Morgan fingerprint density at radius 2 is 2.25 bits per heavy atom. The van der Waals surface area contributed by atoms with E-state index in [-0.39, 0.29) is 18.0 Å². The molecule has 0 saturated carbocycles. The zero-order chi connectivity index (χ0) is 8.72. The van der Waals surface area contributed by atoms with Crippen molar-refractivity contribution >= 4 is 5.97 Å². The van der Waals surface area contributed by atoms with Gasteiger partial charge in [0.1, 0.15) is 6.10 Å². The first-order valence-corrected chi connectivity index (χ1v) is 4.59. The largest absolute Gasteiger partial charge is 0.457 e. The molecule has 0 N–H and O–H groups in total. The van der Waals surface area contributed by atoms with Gasteiger partial charge >= 0.3 is 5.97 Å². The Morgan fingerprint density at radius 3 is 3.00 bits per heavy atom. The molecule has 1 aliphatic heterocycles. The maximum absolute atomic E-state index is 11.2. The number of esters is 1. The molecule has 0 spiro atoms. The third-order valence-corrected chi connectivity index (χ3v) is 2.86. The molecule has 0 bridgehead atoms. The quantitative estimate of drug-likeness (QED) is 0.406. The molecule has 0 aromatic carbocycles. The summed E-state index contributed by atoms with van der Waals surface area (Å²) in [6.07, 6.45) is 4.42. The van der Waals surface area contributed by atoms with Crippen molar-refractivity contribution in [1.29, 1.82) is 0 Å². The summed E-state index contributed by atoms with van der Waals surface area (Å²) in [5.41, 5.74) is 1.22. The van der Waals surface area contributed by atoms with Crippen LogP contribution in [0.3, 0.4) is 0 Å². The fraction of sp³-hybridized carbons (Fsp3) is 0.700. The van der Waals surface area contributed by atoms with E-state index in [1.165, 1.54) is 5.57 Å². The van der Waals surface area contributed by atoms with Gasteiger partial charge in [-0.3, -0.25) is 4.79 Å². The number of allylic oxidation sites excluding steroid dienone is 1. The van der Waals surface area contributed by atoms with Gasteiger partial charge in [0.15, 0.2) is 0 Å². The molecule has 0 radical (unpaired) electrons. The summed E-state index contributed by atoms with van der Waals surface area (Å²) >= 11 is 0. The molecule has 66 valence electrons. The standard InChI is InChI=1S/C10H14O2/c1-6-3-4-8-7(2)10(11)12-9(8)5-6/h4,6-7,9H,3,5H2,1-2H3. The Labute approximate surface area is 72.6 Å². The second-order valence-corrected chi connectivity index (χ2v) is 3.93. The minimum Gasteiger partial charge on any atom is -0.457 e. The number of carbonyl (C=O) groups is 1. The minimum atomic E-state index is -0.0413. The molecule has 2 rings (SSSR count). The lowest BCUT2D eigenvalue weighted by Crippen LogP contribution is -2.17. The highest BCUT2D eigenvalue weighted by atomic mass is 16.6. The number of carbonyl (C=O) groups excluding carboxylic acids is 1. The molecule has 0 aromatic rings. The number of rotatable bonds is 0. The molecular weight excluding hydrogens is 152 g/mol. The van der Waals surface area contributed by atoms with Crippen LogP contribution >= 0.6 is 0 Å². The van der Waals surface area contributed by atoms with Crippen molar-refractivity contribution in [3.8, 4) is 0 Å². The summed E-state index contributed by atoms with van der Waals surface area (Å²) in [6.45, 7) is 4.13. The van der Waals surface area contributed by atoms with Gasteiger partial charge in [-0.05, 0) is 31.3 Å². The number of hydrogen-bond donors (Lipinski definition) is 0. The Hall–Kier alpha value is -0.790. The van der Waals surface area contributed by atoms with Gasteiger partial charge in [0.2, 0.25) is 0 Å². The van der Waals surface area contributed by atoms with Gasteiger partial charge in [-0.1, -0.05) is 13.0 Å². The van der Waals surface area contributed by atoms with Crippen LogP contribution in [0.5, 0.6) is 0 Å². The molecule has 3 unspecified atom stereocenters. The lowest BCUT2D eigenvalue weighted by atomic mass is 9.85. The van der Waals surface area contributed by atoms with E-state index in [0.29, 0.717) is 5.92 Å². The molecule has 1 saturated heterocycles. The van der Waals surface area contributed by atoms with Gasteiger partial charge < -0.3 is 4.74 Å². The van der Waals surface area contributed by atoms with Crippen LogP contribution in [-0.4, -0.2) is 12.1 Å². The maximum atomic E-state index is 11.2. The lowest BCUT2D eigenvalue weighted by Gasteiger charge is -2.21. The molecule has 2 heteroatoms. The lowest BCUT2D eigenvalue weighted by molar-refractivity contribution is -0.144. The van der Waals surface area contributed by atoms with Crippen LogP contribution in [0.15, 0.2) is 11.6 Å². The predicted octanol–water partition coefficient (Wildman–Crippen LogP) is 1.90. The van der Waals surface area contributed by atoms with Gasteiger partial charge in [-0.2, -0.15) is 0 Å². The van der Waals surface area contributed by atoms with Crippen molar-refractivity contribution in [2.75, 3.05) is 0 Å². The first-order chi connectivity index (χ1) is 5.68. The summed E-state index contributed by atoms with van der Waals surface area (Å²) in [6, 6.07) is 0. The Balaban J connectivity index is 2.24. The first kappa shape index (κ1) is 7.84. The van der Waals surface area contributed by atoms with Crippen LogP contribution in [0, 0.1) is 11.8 Å². The van der Waals surface area contributed by atoms with E-state index in [2.05, 4.69) is 13.0 Å². The van der Waals surface area contributed by atoms with E-state index in [4.69, 9.17) is 4.74 Å². The molecule has 1 heterocycles. The first-order valence-electron chi connectivity index (χ1n) is 4.59. The number of ether oxygens (including phenoxy) is 1.